The van der Waals surface area contributed by atoms with E-state index >= 15 is 0 Å². The van der Waals surface area contributed by atoms with Crippen molar-refractivity contribution >= 4 is 0 Å². The fourth-order valence-corrected chi connectivity index (χ4v) is 2.03. The molecule has 0 aromatic heterocycles. The molecule has 10 heavy (non-hydrogen) atoms. The lowest BCUT2D eigenvalue weighted by Crippen LogP contribution is -2.17. The zero-order valence-corrected chi connectivity index (χ0v) is 6.21. The highest BCUT2D eigenvalue weighted by Crippen LogP contribution is 2.41. The second-order valence-corrected chi connectivity index (χ2v) is 3.60. The van der Waals surface area contributed by atoms with Crippen LogP contribution in [0.2, 0.25) is 0 Å². The molecule has 1 aliphatic carbocycles. The van der Waals surface area contributed by atoms with Crippen molar-refractivity contribution < 1.29 is 5.11 Å². The first-order chi connectivity index (χ1) is 4.92. The highest BCUT2D eigenvalue weighted by atomic mass is 16.3. The van der Waals surface area contributed by atoms with E-state index in [1.54, 1.807) is 0 Å². The van der Waals surface area contributed by atoms with E-state index in [9.17, 15) is 0 Å². The van der Waals surface area contributed by atoms with Crippen molar-refractivity contribution in [3.8, 4) is 0 Å². The van der Waals surface area contributed by atoms with E-state index in [0.29, 0.717) is 12.5 Å². The predicted molar refractivity (Wildman–Crippen MR) is 39.7 cm³/mol. The van der Waals surface area contributed by atoms with E-state index in [1.165, 1.54) is 12.8 Å². The third-order valence-corrected chi connectivity index (χ3v) is 2.85. The molecule has 0 amide bonds. The quantitative estimate of drug-likeness (QED) is 0.576. The molecular weight excluding hydrogens is 126 g/mol. The lowest BCUT2D eigenvalue weighted by molar-refractivity contribution is 0.196. The highest BCUT2D eigenvalue weighted by Gasteiger charge is 2.38. The standard InChI is InChI=1S/C8H15NO/c10-5-7-3-9-4-8(7)6-1-2-6/h6-10H,1-5H2/t7-,8-/m0/s1. The molecule has 2 nitrogen and oxygen atoms in total. The van der Waals surface area contributed by atoms with Gasteiger partial charge < -0.3 is 10.4 Å². The topological polar surface area (TPSA) is 32.3 Å². The molecule has 58 valence electrons. The number of nitrogens with one attached hydrogen (secondary N) is 1. The van der Waals surface area contributed by atoms with Gasteiger partial charge in [-0.25, -0.2) is 0 Å². The molecule has 1 heterocycles. The summed E-state index contributed by atoms with van der Waals surface area (Å²) in [5, 5.41) is 12.3. The Morgan fingerprint density at radius 3 is 2.70 bits per heavy atom. The van der Waals surface area contributed by atoms with Gasteiger partial charge in [0.05, 0.1) is 0 Å². The Kier molecular flexibility index (Phi) is 1.66. The van der Waals surface area contributed by atoms with Crippen LogP contribution in [0.15, 0.2) is 0 Å². The molecule has 0 aromatic rings. The first-order valence-corrected chi connectivity index (χ1v) is 4.23. The molecule has 0 spiro atoms. The lowest BCUT2D eigenvalue weighted by Gasteiger charge is -2.13. The van der Waals surface area contributed by atoms with E-state index in [0.717, 1.165) is 24.9 Å². The molecule has 0 bridgehead atoms. The zero-order valence-electron chi connectivity index (χ0n) is 6.21. The number of aliphatic hydroxyl groups excluding tert-OH is 1. The van der Waals surface area contributed by atoms with Crippen LogP contribution >= 0.6 is 0 Å². The SMILES string of the molecule is OC[C@@H]1CNC[C@H]1C1CC1. The third-order valence-electron chi connectivity index (χ3n) is 2.85. The van der Waals surface area contributed by atoms with Crippen molar-refractivity contribution in [2.75, 3.05) is 19.7 Å². The van der Waals surface area contributed by atoms with Gasteiger partial charge in [-0.05, 0) is 37.1 Å². The molecule has 0 unspecified atom stereocenters. The fraction of sp³-hybridized carbons (Fsp3) is 1.00. The first-order valence-electron chi connectivity index (χ1n) is 4.23. The van der Waals surface area contributed by atoms with E-state index in [2.05, 4.69) is 5.32 Å². The normalized spacial score (nSPS) is 40.5. The van der Waals surface area contributed by atoms with E-state index in [4.69, 9.17) is 5.11 Å². The summed E-state index contributed by atoms with van der Waals surface area (Å²) in [7, 11) is 0. The maximum Gasteiger partial charge on any atom is 0.0474 e. The van der Waals surface area contributed by atoms with Crippen molar-refractivity contribution in [1.29, 1.82) is 0 Å². The minimum absolute atomic E-state index is 0.383. The van der Waals surface area contributed by atoms with Crippen molar-refractivity contribution in [3.63, 3.8) is 0 Å². The van der Waals surface area contributed by atoms with E-state index in [1.807, 2.05) is 0 Å². The van der Waals surface area contributed by atoms with Crippen LogP contribution in [0.5, 0.6) is 0 Å². The van der Waals surface area contributed by atoms with Gasteiger partial charge in [-0.15, -0.1) is 0 Å². The average molecular weight is 141 g/mol. The van der Waals surface area contributed by atoms with Crippen LogP contribution in [0, 0.1) is 17.8 Å². The van der Waals surface area contributed by atoms with E-state index < -0.39 is 0 Å². The summed E-state index contributed by atoms with van der Waals surface area (Å²) in [6.45, 7) is 2.57. The molecule has 1 saturated heterocycles. The van der Waals surface area contributed by atoms with Gasteiger partial charge in [0.2, 0.25) is 0 Å². The van der Waals surface area contributed by atoms with Crippen LogP contribution in [0.3, 0.4) is 0 Å². The van der Waals surface area contributed by atoms with Gasteiger partial charge in [0.1, 0.15) is 0 Å². The Balaban J connectivity index is 1.91. The number of hydrogen-bond acceptors (Lipinski definition) is 2. The van der Waals surface area contributed by atoms with Gasteiger partial charge in [-0.2, -0.15) is 0 Å². The van der Waals surface area contributed by atoms with Gasteiger partial charge in [0.15, 0.2) is 0 Å². The fourth-order valence-electron chi connectivity index (χ4n) is 2.03. The maximum absolute atomic E-state index is 8.97. The van der Waals surface area contributed by atoms with Crippen LogP contribution in [-0.2, 0) is 0 Å². The second-order valence-electron chi connectivity index (χ2n) is 3.60. The Morgan fingerprint density at radius 2 is 2.10 bits per heavy atom. The molecular formula is C8H15NO. The Morgan fingerprint density at radius 1 is 1.30 bits per heavy atom. The number of rotatable bonds is 2. The summed E-state index contributed by atoms with van der Waals surface area (Å²) in [4.78, 5) is 0. The van der Waals surface area contributed by atoms with Crippen LogP contribution in [0.25, 0.3) is 0 Å². The minimum Gasteiger partial charge on any atom is -0.396 e. The van der Waals surface area contributed by atoms with Gasteiger partial charge in [0.25, 0.3) is 0 Å². The Labute approximate surface area is 61.6 Å². The predicted octanol–water partition coefficient (Wildman–Crippen LogP) is 0.224. The van der Waals surface area contributed by atoms with Gasteiger partial charge in [-0.1, -0.05) is 0 Å². The molecule has 2 atom stereocenters. The van der Waals surface area contributed by atoms with Crippen molar-refractivity contribution in [2.24, 2.45) is 17.8 Å². The van der Waals surface area contributed by atoms with Crippen molar-refractivity contribution in [3.05, 3.63) is 0 Å². The summed E-state index contributed by atoms with van der Waals surface area (Å²) in [5.74, 6) is 2.31. The monoisotopic (exact) mass is 141 g/mol. The summed E-state index contributed by atoms with van der Waals surface area (Å²) < 4.78 is 0. The maximum atomic E-state index is 8.97. The molecule has 1 saturated carbocycles. The Hall–Kier alpha value is -0.0800. The second kappa shape index (κ2) is 2.51. The van der Waals surface area contributed by atoms with Crippen LogP contribution in [0.4, 0.5) is 0 Å². The van der Waals surface area contributed by atoms with E-state index in [-0.39, 0.29) is 0 Å². The zero-order chi connectivity index (χ0) is 6.97. The summed E-state index contributed by atoms with van der Waals surface area (Å²) >= 11 is 0. The molecule has 2 fully saturated rings. The third kappa shape index (κ3) is 1.06. The van der Waals surface area contributed by atoms with Crippen LogP contribution < -0.4 is 5.32 Å². The Bertz CT molecular complexity index is 122. The summed E-state index contributed by atoms with van der Waals surface area (Å²) in [6.07, 6.45) is 2.81. The summed E-state index contributed by atoms with van der Waals surface area (Å²) in [6, 6.07) is 0. The average Bonchev–Trinajstić information content (AvgIpc) is 2.69. The van der Waals surface area contributed by atoms with Crippen LogP contribution in [-0.4, -0.2) is 24.8 Å². The van der Waals surface area contributed by atoms with Gasteiger partial charge in [-0.3, -0.25) is 0 Å². The molecule has 0 aromatic carbocycles. The largest absolute Gasteiger partial charge is 0.396 e. The van der Waals surface area contributed by atoms with Gasteiger partial charge >= 0.3 is 0 Å². The number of aliphatic hydroxyl groups is 1. The molecule has 2 heteroatoms. The molecule has 2 aliphatic rings. The molecule has 0 radical (unpaired) electrons. The van der Waals surface area contributed by atoms with Crippen molar-refractivity contribution in [1.82, 2.24) is 5.32 Å². The molecule has 2 rings (SSSR count). The molecule has 2 N–H and O–H groups in total. The first kappa shape index (κ1) is 6.62. The summed E-state index contributed by atoms with van der Waals surface area (Å²) in [5.41, 5.74) is 0. The lowest BCUT2D eigenvalue weighted by atomic mass is 9.92. The van der Waals surface area contributed by atoms with Crippen molar-refractivity contribution in [2.45, 2.75) is 12.8 Å². The molecule has 1 aliphatic heterocycles. The smallest absolute Gasteiger partial charge is 0.0474 e. The number of hydrogen-bond donors (Lipinski definition) is 2. The van der Waals surface area contributed by atoms with Gasteiger partial charge in [0, 0.05) is 13.2 Å². The van der Waals surface area contributed by atoms with Crippen LogP contribution in [0.1, 0.15) is 12.8 Å². The minimum atomic E-state index is 0.383. The highest BCUT2D eigenvalue weighted by molar-refractivity contribution is 4.91.